The SMILES string of the molecule is CN(c1ccco1)c1nc(S(C)(=O)=O)nc2occ(-c3ccccc3)c12. The maximum atomic E-state index is 12.0. The van der Waals surface area contributed by atoms with E-state index in [2.05, 4.69) is 9.97 Å². The van der Waals surface area contributed by atoms with Crippen LogP contribution in [0.25, 0.3) is 22.2 Å². The van der Waals surface area contributed by atoms with Crippen molar-refractivity contribution in [2.45, 2.75) is 5.16 Å². The van der Waals surface area contributed by atoms with Crippen molar-refractivity contribution in [3.05, 3.63) is 55.0 Å². The summed E-state index contributed by atoms with van der Waals surface area (Å²) in [5.41, 5.74) is 1.89. The van der Waals surface area contributed by atoms with Gasteiger partial charge in [0.25, 0.3) is 5.16 Å². The van der Waals surface area contributed by atoms with Gasteiger partial charge in [-0.2, -0.15) is 9.97 Å². The fourth-order valence-corrected chi connectivity index (χ4v) is 3.21. The number of hydrogen-bond donors (Lipinski definition) is 0. The Morgan fingerprint density at radius 1 is 1.00 bits per heavy atom. The predicted octanol–water partition coefficient (Wildman–Crippen LogP) is 3.65. The van der Waals surface area contributed by atoms with Crippen LogP contribution in [0.4, 0.5) is 11.7 Å². The minimum Gasteiger partial charge on any atom is -0.448 e. The summed E-state index contributed by atoms with van der Waals surface area (Å²) in [6.45, 7) is 0. The summed E-state index contributed by atoms with van der Waals surface area (Å²) < 4.78 is 35.0. The molecule has 4 aromatic rings. The molecular weight excluding hydrogens is 354 g/mol. The summed E-state index contributed by atoms with van der Waals surface area (Å²) in [4.78, 5) is 10.1. The van der Waals surface area contributed by atoms with Gasteiger partial charge in [0.2, 0.25) is 21.4 Å². The molecular formula is C18H15N3O4S. The highest BCUT2D eigenvalue weighted by Crippen LogP contribution is 2.38. The average molecular weight is 369 g/mol. The van der Waals surface area contributed by atoms with Crippen LogP contribution in [0.2, 0.25) is 0 Å². The Balaban J connectivity index is 2.03. The standard InChI is InChI=1S/C18H15N3O4S/c1-21(14-9-6-10-24-14)16-15-13(12-7-4-3-5-8-12)11-25-17(15)20-18(19-16)26(2,22)23/h3-11H,1-2H3. The van der Waals surface area contributed by atoms with Gasteiger partial charge in [0.15, 0.2) is 5.82 Å². The van der Waals surface area contributed by atoms with Crippen LogP contribution in [0.5, 0.6) is 0 Å². The first kappa shape index (κ1) is 16.3. The molecule has 0 atom stereocenters. The number of anilines is 2. The van der Waals surface area contributed by atoms with Gasteiger partial charge in [0.1, 0.15) is 6.26 Å². The second-order valence-corrected chi connectivity index (χ2v) is 7.72. The fraction of sp³-hybridized carbons (Fsp3) is 0.111. The summed E-state index contributed by atoms with van der Waals surface area (Å²) in [5, 5.41) is 0.315. The molecule has 0 bridgehead atoms. The third-order valence-electron chi connectivity index (χ3n) is 3.96. The second-order valence-electron chi connectivity index (χ2n) is 5.81. The Morgan fingerprint density at radius 2 is 1.77 bits per heavy atom. The van der Waals surface area contributed by atoms with Gasteiger partial charge in [0.05, 0.1) is 11.6 Å². The highest BCUT2D eigenvalue weighted by atomic mass is 32.2. The molecule has 7 nitrogen and oxygen atoms in total. The molecule has 0 radical (unpaired) electrons. The van der Waals surface area contributed by atoms with Crippen LogP contribution in [0.15, 0.2) is 69.0 Å². The Kier molecular flexibility index (Phi) is 3.77. The Hall–Kier alpha value is -3.13. The molecule has 26 heavy (non-hydrogen) atoms. The van der Waals surface area contributed by atoms with Crippen LogP contribution in [0.1, 0.15) is 0 Å². The third-order valence-corrected chi connectivity index (χ3v) is 4.81. The highest BCUT2D eigenvalue weighted by Gasteiger charge is 2.24. The van der Waals surface area contributed by atoms with E-state index in [0.29, 0.717) is 17.1 Å². The van der Waals surface area contributed by atoms with E-state index in [1.807, 2.05) is 30.3 Å². The van der Waals surface area contributed by atoms with E-state index in [9.17, 15) is 8.42 Å². The molecule has 132 valence electrons. The van der Waals surface area contributed by atoms with Crippen LogP contribution < -0.4 is 4.90 Å². The summed E-state index contributed by atoms with van der Waals surface area (Å²) in [6, 6.07) is 13.1. The van der Waals surface area contributed by atoms with E-state index in [1.54, 1.807) is 30.3 Å². The molecule has 0 saturated carbocycles. The van der Waals surface area contributed by atoms with E-state index in [-0.39, 0.29) is 10.9 Å². The van der Waals surface area contributed by atoms with Crippen LogP contribution in [0.3, 0.4) is 0 Å². The zero-order chi connectivity index (χ0) is 18.3. The molecule has 3 aromatic heterocycles. The lowest BCUT2D eigenvalue weighted by molar-refractivity contribution is 0.566. The molecule has 3 heterocycles. The van der Waals surface area contributed by atoms with E-state index < -0.39 is 9.84 Å². The largest absolute Gasteiger partial charge is 0.448 e. The molecule has 0 aliphatic carbocycles. The monoisotopic (exact) mass is 369 g/mol. The van der Waals surface area contributed by atoms with Gasteiger partial charge in [-0.3, -0.25) is 4.90 Å². The number of rotatable bonds is 4. The lowest BCUT2D eigenvalue weighted by Crippen LogP contribution is -2.14. The summed E-state index contributed by atoms with van der Waals surface area (Å²) >= 11 is 0. The van der Waals surface area contributed by atoms with Gasteiger partial charge in [-0.1, -0.05) is 30.3 Å². The Morgan fingerprint density at radius 3 is 2.42 bits per heavy atom. The number of furan rings is 2. The van der Waals surface area contributed by atoms with Gasteiger partial charge in [-0.05, 0) is 11.6 Å². The molecule has 0 N–H and O–H groups in total. The first-order valence-electron chi connectivity index (χ1n) is 7.77. The maximum Gasteiger partial charge on any atom is 0.252 e. The molecule has 4 rings (SSSR count). The van der Waals surface area contributed by atoms with E-state index in [0.717, 1.165) is 17.4 Å². The third kappa shape index (κ3) is 2.74. The minimum atomic E-state index is -3.61. The van der Waals surface area contributed by atoms with Gasteiger partial charge in [0, 0.05) is 24.9 Å². The molecule has 1 aromatic carbocycles. The van der Waals surface area contributed by atoms with Crippen LogP contribution in [-0.2, 0) is 9.84 Å². The van der Waals surface area contributed by atoms with Gasteiger partial charge < -0.3 is 8.83 Å². The van der Waals surface area contributed by atoms with Crippen molar-refractivity contribution in [1.29, 1.82) is 0 Å². The molecule has 0 unspecified atom stereocenters. The highest BCUT2D eigenvalue weighted by molar-refractivity contribution is 7.90. The number of hydrogen-bond acceptors (Lipinski definition) is 7. The molecule has 0 spiro atoms. The Bertz CT molecular complexity index is 1170. The van der Waals surface area contributed by atoms with Crippen molar-refractivity contribution in [3.8, 4) is 11.1 Å². The van der Waals surface area contributed by atoms with Crippen molar-refractivity contribution in [1.82, 2.24) is 9.97 Å². The molecule has 0 aliphatic heterocycles. The van der Waals surface area contributed by atoms with Crippen molar-refractivity contribution in [2.24, 2.45) is 0 Å². The lowest BCUT2D eigenvalue weighted by Gasteiger charge is -2.17. The predicted molar refractivity (Wildman–Crippen MR) is 97.1 cm³/mol. The maximum absolute atomic E-state index is 12.0. The first-order valence-corrected chi connectivity index (χ1v) is 9.66. The summed E-state index contributed by atoms with van der Waals surface area (Å²) in [6.07, 6.45) is 4.15. The van der Waals surface area contributed by atoms with Crippen molar-refractivity contribution in [3.63, 3.8) is 0 Å². The normalized spacial score (nSPS) is 11.8. The Labute approximate surface area is 149 Å². The number of benzene rings is 1. The first-order chi connectivity index (χ1) is 12.4. The molecule has 0 amide bonds. The molecule has 0 aliphatic rings. The zero-order valence-electron chi connectivity index (χ0n) is 14.1. The second kappa shape index (κ2) is 5.99. The van der Waals surface area contributed by atoms with Crippen molar-refractivity contribution in [2.75, 3.05) is 18.2 Å². The molecule has 0 saturated heterocycles. The van der Waals surface area contributed by atoms with E-state index in [1.165, 1.54) is 6.26 Å². The summed E-state index contributed by atoms with van der Waals surface area (Å²) in [5.74, 6) is 0.905. The molecule has 8 heteroatoms. The quantitative estimate of drug-likeness (QED) is 0.507. The average Bonchev–Trinajstić information content (AvgIpc) is 3.30. The van der Waals surface area contributed by atoms with Crippen LogP contribution in [-0.4, -0.2) is 31.7 Å². The van der Waals surface area contributed by atoms with E-state index >= 15 is 0 Å². The van der Waals surface area contributed by atoms with Crippen LogP contribution in [0, 0.1) is 0 Å². The van der Waals surface area contributed by atoms with Crippen molar-refractivity contribution >= 4 is 32.6 Å². The van der Waals surface area contributed by atoms with Crippen LogP contribution >= 0.6 is 0 Å². The number of aromatic nitrogens is 2. The smallest absolute Gasteiger partial charge is 0.252 e. The number of fused-ring (bicyclic) bond motifs is 1. The minimum absolute atomic E-state index is 0.202. The summed E-state index contributed by atoms with van der Waals surface area (Å²) in [7, 11) is -1.87. The number of nitrogens with zero attached hydrogens (tertiary/aromatic N) is 3. The zero-order valence-corrected chi connectivity index (χ0v) is 14.9. The lowest BCUT2D eigenvalue weighted by atomic mass is 10.1. The van der Waals surface area contributed by atoms with E-state index in [4.69, 9.17) is 8.83 Å². The topological polar surface area (TPSA) is 89.4 Å². The van der Waals surface area contributed by atoms with Gasteiger partial charge >= 0.3 is 0 Å². The van der Waals surface area contributed by atoms with Crippen molar-refractivity contribution < 1.29 is 17.3 Å². The fourth-order valence-electron chi connectivity index (χ4n) is 2.71. The number of sulfone groups is 1. The van der Waals surface area contributed by atoms with Gasteiger partial charge in [-0.15, -0.1) is 0 Å². The van der Waals surface area contributed by atoms with Gasteiger partial charge in [-0.25, -0.2) is 8.42 Å². The molecule has 0 fully saturated rings.